The maximum atomic E-state index is 10.7. The highest BCUT2D eigenvalue weighted by Crippen LogP contribution is 2.29. The van der Waals surface area contributed by atoms with Crippen LogP contribution in [0.4, 0.5) is 0 Å². The average Bonchev–Trinajstić information content (AvgIpc) is 2.87. The van der Waals surface area contributed by atoms with E-state index in [2.05, 4.69) is 20.5 Å². The predicted octanol–water partition coefficient (Wildman–Crippen LogP) is 0.999. The topological polar surface area (TPSA) is 93.8 Å². The van der Waals surface area contributed by atoms with Gasteiger partial charge in [0.05, 0.1) is 6.20 Å². The van der Waals surface area contributed by atoms with Crippen LogP contribution in [0, 0.1) is 0 Å². The van der Waals surface area contributed by atoms with E-state index in [1.54, 1.807) is 4.68 Å². The maximum Gasteiger partial charge on any atom is 0.347 e. The van der Waals surface area contributed by atoms with E-state index in [-0.39, 0.29) is 4.88 Å². The van der Waals surface area contributed by atoms with Crippen LogP contribution < -0.4 is 0 Å². The molecule has 9 heteroatoms. The summed E-state index contributed by atoms with van der Waals surface area (Å²) in [6.45, 7) is 2.58. The number of carboxylic acids is 1. The van der Waals surface area contributed by atoms with E-state index in [1.807, 2.05) is 6.92 Å². The molecule has 2 rings (SSSR count). The van der Waals surface area contributed by atoms with Crippen LogP contribution in [0.3, 0.4) is 0 Å². The van der Waals surface area contributed by atoms with Crippen molar-refractivity contribution in [3.63, 3.8) is 0 Å². The first-order valence-corrected chi connectivity index (χ1v) is 5.97. The predicted molar refractivity (Wildman–Crippen MR) is 56.7 cm³/mol. The standard InChI is InChI=1S/C7H7N5O2S2/c1-2-12-6(9-10-11-12)16-7-8-3-4(15-7)5(13)14/h3H,2H2,1H3,(H,13,14). The van der Waals surface area contributed by atoms with Crippen LogP contribution in [-0.4, -0.2) is 36.3 Å². The van der Waals surface area contributed by atoms with Gasteiger partial charge in [-0.15, -0.1) is 16.4 Å². The molecule has 2 aromatic rings. The summed E-state index contributed by atoms with van der Waals surface area (Å²) in [4.78, 5) is 14.8. The lowest BCUT2D eigenvalue weighted by molar-refractivity contribution is 0.0702. The molecule has 16 heavy (non-hydrogen) atoms. The van der Waals surface area contributed by atoms with Gasteiger partial charge >= 0.3 is 5.97 Å². The maximum absolute atomic E-state index is 10.7. The van der Waals surface area contributed by atoms with Crippen molar-refractivity contribution in [2.45, 2.75) is 23.0 Å². The third-order valence-corrected chi connectivity index (χ3v) is 3.71. The molecule has 7 nitrogen and oxygen atoms in total. The van der Waals surface area contributed by atoms with E-state index in [9.17, 15) is 4.79 Å². The molecule has 0 aromatic carbocycles. The molecule has 2 aromatic heterocycles. The van der Waals surface area contributed by atoms with Crippen LogP contribution >= 0.6 is 23.1 Å². The largest absolute Gasteiger partial charge is 0.477 e. The summed E-state index contributed by atoms with van der Waals surface area (Å²) in [6, 6.07) is 0. The molecular formula is C7H7N5O2S2. The summed E-state index contributed by atoms with van der Waals surface area (Å²) < 4.78 is 2.23. The Labute approximate surface area is 98.5 Å². The molecule has 0 bridgehead atoms. The number of tetrazole rings is 1. The number of aromatic nitrogens is 5. The van der Waals surface area contributed by atoms with E-state index in [4.69, 9.17) is 5.11 Å². The van der Waals surface area contributed by atoms with Crippen molar-refractivity contribution < 1.29 is 9.90 Å². The average molecular weight is 257 g/mol. The molecule has 2 heterocycles. The fraction of sp³-hybridized carbons (Fsp3) is 0.286. The quantitative estimate of drug-likeness (QED) is 0.873. The zero-order valence-corrected chi connectivity index (χ0v) is 9.83. The molecule has 0 aliphatic carbocycles. The van der Waals surface area contributed by atoms with Crippen molar-refractivity contribution in [1.29, 1.82) is 0 Å². The normalized spacial score (nSPS) is 10.6. The molecule has 0 aliphatic heterocycles. The second-order valence-corrected chi connectivity index (χ2v) is 4.92. The zero-order valence-electron chi connectivity index (χ0n) is 8.19. The second-order valence-electron chi connectivity index (χ2n) is 2.67. The van der Waals surface area contributed by atoms with Crippen LogP contribution in [0.15, 0.2) is 15.7 Å². The van der Waals surface area contributed by atoms with Crippen molar-refractivity contribution in [2.75, 3.05) is 0 Å². The summed E-state index contributed by atoms with van der Waals surface area (Å²) in [7, 11) is 0. The number of carbonyl (C=O) groups is 1. The number of hydrogen-bond donors (Lipinski definition) is 1. The van der Waals surface area contributed by atoms with Crippen molar-refractivity contribution >= 4 is 29.1 Å². The summed E-state index contributed by atoms with van der Waals surface area (Å²) in [6.07, 6.45) is 1.33. The van der Waals surface area contributed by atoms with E-state index in [1.165, 1.54) is 18.0 Å². The minimum atomic E-state index is -0.973. The minimum absolute atomic E-state index is 0.207. The molecule has 0 unspecified atom stereocenters. The number of carboxylic acid groups (broad SMARTS) is 1. The van der Waals surface area contributed by atoms with Gasteiger partial charge in [0, 0.05) is 6.54 Å². The molecule has 0 atom stereocenters. The third-order valence-electron chi connectivity index (χ3n) is 1.67. The molecule has 0 aliphatic rings. The van der Waals surface area contributed by atoms with Gasteiger partial charge in [-0.2, -0.15) is 0 Å². The lowest BCUT2D eigenvalue weighted by Crippen LogP contribution is -1.98. The molecule has 0 saturated carbocycles. The monoisotopic (exact) mass is 257 g/mol. The van der Waals surface area contributed by atoms with Crippen LogP contribution in [0.2, 0.25) is 0 Å². The van der Waals surface area contributed by atoms with Crippen LogP contribution in [0.5, 0.6) is 0 Å². The van der Waals surface area contributed by atoms with Gasteiger partial charge in [0.25, 0.3) is 0 Å². The van der Waals surface area contributed by atoms with Gasteiger partial charge in [-0.1, -0.05) is 0 Å². The molecule has 0 spiro atoms. The van der Waals surface area contributed by atoms with Gasteiger partial charge in [0.1, 0.15) is 4.88 Å². The third kappa shape index (κ3) is 2.19. The first-order valence-electron chi connectivity index (χ1n) is 4.34. The molecule has 0 saturated heterocycles. The molecule has 0 amide bonds. The van der Waals surface area contributed by atoms with Gasteiger partial charge in [-0.25, -0.2) is 14.5 Å². The number of thiazole rings is 1. The Morgan fingerprint density at radius 3 is 3.12 bits per heavy atom. The van der Waals surface area contributed by atoms with Gasteiger partial charge in [0.15, 0.2) is 4.34 Å². The lowest BCUT2D eigenvalue weighted by Gasteiger charge is -1.96. The summed E-state index contributed by atoms with van der Waals surface area (Å²) in [5, 5.41) is 20.5. The van der Waals surface area contributed by atoms with Crippen LogP contribution in [0.25, 0.3) is 0 Å². The molecule has 0 radical (unpaired) electrons. The zero-order chi connectivity index (χ0) is 11.5. The van der Waals surface area contributed by atoms with E-state index < -0.39 is 5.97 Å². The number of rotatable bonds is 4. The number of nitrogens with zero attached hydrogens (tertiary/aromatic N) is 5. The van der Waals surface area contributed by atoms with Crippen molar-refractivity contribution in [3.05, 3.63) is 11.1 Å². The molecular weight excluding hydrogens is 250 g/mol. The van der Waals surface area contributed by atoms with Gasteiger partial charge in [-0.3, -0.25) is 0 Å². The van der Waals surface area contributed by atoms with Crippen molar-refractivity contribution in [2.24, 2.45) is 0 Å². The fourth-order valence-corrected chi connectivity index (χ4v) is 2.71. The van der Waals surface area contributed by atoms with Crippen molar-refractivity contribution in [1.82, 2.24) is 25.2 Å². The smallest absolute Gasteiger partial charge is 0.347 e. The van der Waals surface area contributed by atoms with E-state index in [0.717, 1.165) is 11.3 Å². The molecule has 84 valence electrons. The summed E-state index contributed by atoms with van der Waals surface area (Å²) in [5.74, 6) is -0.973. The molecule has 1 N–H and O–H groups in total. The number of hydrogen-bond acceptors (Lipinski definition) is 7. The van der Waals surface area contributed by atoms with E-state index >= 15 is 0 Å². The SMILES string of the molecule is CCn1nnnc1Sc1ncc(C(=O)O)s1. The van der Waals surface area contributed by atoms with Crippen LogP contribution in [0.1, 0.15) is 16.6 Å². The Bertz CT molecular complexity index is 508. The molecule has 0 fully saturated rings. The van der Waals surface area contributed by atoms with Gasteiger partial charge in [-0.05, 0) is 29.1 Å². The Morgan fingerprint density at radius 1 is 1.69 bits per heavy atom. The Hall–Kier alpha value is -1.48. The minimum Gasteiger partial charge on any atom is -0.477 e. The Balaban J connectivity index is 2.17. The first kappa shape index (κ1) is 11.0. The Morgan fingerprint density at radius 2 is 2.50 bits per heavy atom. The second kappa shape index (κ2) is 4.58. The Kier molecular flexibility index (Phi) is 3.15. The first-order chi connectivity index (χ1) is 7.70. The summed E-state index contributed by atoms with van der Waals surface area (Å²) in [5.41, 5.74) is 0. The highest BCUT2D eigenvalue weighted by molar-refractivity contribution is 8.00. The van der Waals surface area contributed by atoms with Gasteiger partial charge in [0.2, 0.25) is 5.16 Å². The van der Waals surface area contributed by atoms with E-state index in [0.29, 0.717) is 16.0 Å². The van der Waals surface area contributed by atoms with Crippen molar-refractivity contribution in [3.8, 4) is 0 Å². The lowest BCUT2D eigenvalue weighted by atomic mass is 10.6. The summed E-state index contributed by atoms with van der Waals surface area (Å²) >= 11 is 2.36. The highest BCUT2D eigenvalue weighted by atomic mass is 32.2. The highest BCUT2D eigenvalue weighted by Gasteiger charge is 2.12. The van der Waals surface area contributed by atoms with Crippen LogP contribution in [-0.2, 0) is 6.54 Å². The van der Waals surface area contributed by atoms with Gasteiger partial charge < -0.3 is 5.11 Å². The number of aryl methyl sites for hydroxylation is 1. The number of aromatic carboxylic acids is 1. The fourth-order valence-electron chi connectivity index (χ4n) is 0.950.